The lowest BCUT2D eigenvalue weighted by Gasteiger charge is -2.09. The first-order valence-corrected chi connectivity index (χ1v) is 12.2. The lowest BCUT2D eigenvalue weighted by molar-refractivity contribution is 0.100. The Hall–Kier alpha value is -4.27. The van der Waals surface area contributed by atoms with E-state index in [2.05, 4.69) is 10.5 Å². The van der Waals surface area contributed by atoms with E-state index in [4.69, 9.17) is 16.6 Å². The van der Waals surface area contributed by atoms with Crippen molar-refractivity contribution in [3.63, 3.8) is 0 Å². The van der Waals surface area contributed by atoms with E-state index in [1.807, 2.05) is 96.4 Å². The van der Waals surface area contributed by atoms with Crippen LogP contribution in [0.15, 0.2) is 107 Å². The van der Waals surface area contributed by atoms with Gasteiger partial charge in [0.15, 0.2) is 15.4 Å². The molecule has 0 aliphatic heterocycles. The fourth-order valence-corrected chi connectivity index (χ4v) is 4.91. The number of aromatic nitrogens is 3. The van der Waals surface area contributed by atoms with Gasteiger partial charge in [-0.05, 0) is 36.5 Å². The summed E-state index contributed by atoms with van der Waals surface area (Å²) >= 11 is 6.88. The van der Waals surface area contributed by atoms with E-state index in [9.17, 15) is 4.79 Å². The van der Waals surface area contributed by atoms with Crippen LogP contribution in [0.1, 0.15) is 10.5 Å². The maximum atomic E-state index is 13.4. The average molecular weight is 495 g/mol. The van der Waals surface area contributed by atoms with Crippen molar-refractivity contribution in [2.24, 2.45) is 0 Å². The van der Waals surface area contributed by atoms with Crippen molar-refractivity contribution in [1.82, 2.24) is 14.5 Å². The number of carbonyl (C=O) groups excluding carboxylic acids is 1. The summed E-state index contributed by atoms with van der Waals surface area (Å²) in [5.41, 5.74) is 7.20. The summed E-state index contributed by atoms with van der Waals surface area (Å²) in [5, 5.41) is 7.55. The van der Waals surface area contributed by atoms with Gasteiger partial charge in [-0.2, -0.15) is 5.10 Å². The number of para-hydroxylation sites is 2. The van der Waals surface area contributed by atoms with Crippen LogP contribution in [0.4, 0.5) is 0 Å². The maximum Gasteiger partial charge on any atom is 0.290 e. The first-order valence-electron chi connectivity index (χ1n) is 10.9. The number of benzene rings is 3. The summed E-state index contributed by atoms with van der Waals surface area (Å²) in [4.78, 5) is 13.4. The Morgan fingerprint density at radius 2 is 1.60 bits per heavy atom. The summed E-state index contributed by atoms with van der Waals surface area (Å²) in [7, 11) is 0. The number of carbonyl (C=O) groups is 1. The van der Waals surface area contributed by atoms with Crippen LogP contribution in [0, 0.1) is 3.95 Å². The Morgan fingerprint density at radius 1 is 0.886 bits per heavy atom. The van der Waals surface area contributed by atoms with Crippen molar-refractivity contribution in [1.29, 1.82) is 0 Å². The van der Waals surface area contributed by atoms with E-state index < -0.39 is 0 Å². The number of fused-ring (bicyclic) bond motifs is 1. The number of hydrogen-bond acceptors (Lipinski definition) is 5. The van der Waals surface area contributed by atoms with E-state index in [0.717, 1.165) is 27.9 Å². The minimum atomic E-state index is -0.372. The maximum absolute atomic E-state index is 13.4. The molecule has 6 nitrogen and oxygen atoms in total. The van der Waals surface area contributed by atoms with Crippen LogP contribution in [0.25, 0.3) is 39.4 Å². The second-order valence-electron chi connectivity index (χ2n) is 7.84. The Kier molecular flexibility index (Phi) is 5.36. The molecule has 1 amide bonds. The lowest BCUT2D eigenvalue weighted by atomic mass is 10.2. The van der Waals surface area contributed by atoms with E-state index in [-0.39, 0.29) is 11.6 Å². The van der Waals surface area contributed by atoms with Gasteiger partial charge in [-0.25, -0.2) is 9.36 Å². The molecule has 0 aliphatic rings. The summed E-state index contributed by atoms with van der Waals surface area (Å²) in [6, 6.07) is 30.9. The quantitative estimate of drug-likeness (QED) is 0.264. The molecule has 0 spiro atoms. The Bertz CT molecular complexity index is 1680. The van der Waals surface area contributed by atoms with Crippen LogP contribution in [-0.2, 0) is 0 Å². The third kappa shape index (κ3) is 3.99. The zero-order chi connectivity index (χ0) is 23.8. The van der Waals surface area contributed by atoms with Crippen LogP contribution in [-0.4, -0.2) is 20.4 Å². The normalized spacial score (nSPS) is 11.1. The Balaban J connectivity index is 1.42. The van der Waals surface area contributed by atoms with Crippen LogP contribution in [0.5, 0.6) is 0 Å². The number of rotatable bonds is 5. The third-order valence-corrected chi connectivity index (χ3v) is 6.80. The van der Waals surface area contributed by atoms with Crippen molar-refractivity contribution < 1.29 is 9.21 Å². The number of nitrogens with one attached hydrogen (secondary N) is 1. The molecule has 0 saturated heterocycles. The molecule has 0 fully saturated rings. The second kappa shape index (κ2) is 8.83. The summed E-state index contributed by atoms with van der Waals surface area (Å²) in [6.45, 7) is 0. The van der Waals surface area contributed by atoms with Crippen molar-refractivity contribution in [2.45, 2.75) is 0 Å². The molecule has 6 rings (SSSR count). The van der Waals surface area contributed by atoms with Gasteiger partial charge in [0.2, 0.25) is 0 Å². The van der Waals surface area contributed by atoms with Gasteiger partial charge in [0.05, 0.1) is 11.4 Å². The summed E-state index contributed by atoms with van der Waals surface area (Å²) in [5.74, 6) is 0.252. The standard InChI is InChI=1S/C27H18N4O2S2/c32-26(29-31-23(17-35-27(31)34)18-9-3-1-4-10-18)21-16-22(30(28-21)20-12-5-2-6-13-20)25-15-19-11-7-8-14-24(19)33-25/h1-17H,(H,29,32). The summed E-state index contributed by atoms with van der Waals surface area (Å²) in [6.07, 6.45) is 0. The SMILES string of the molecule is O=C(Nn1c(-c2ccccc2)csc1=S)c1cc(-c2cc3ccccc3o2)n(-c2ccccc2)n1. The van der Waals surface area contributed by atoms with Crippen LogP contribution >= 0.6 is 23.6 Å². The predicted molar refractivity (Wildman–Crippen MR) is 141 cm³/mol. The van der Waals surface area contributed by atoms with Crippen LogP contribution in [0.2, 0.25) is 0 Å². The molecule has 8 heteroatoms. The molecule has 0 radical (unpaired) electrons. The molecule has 6 aromatic rings. The van der Waals surface area contributed by atoms with E-state index in [0.29, 0.717) is 15.4 Å². The van der Waals surface area contributed by atoms with Gasteiger partial charge in [0.25, 0.3) is 5.91 Å². The van der Waals surface area contributed by atoms with Gasteiger partial charge in [-0.15, -0.1) is 11.3 Å². The molecule has 0 atom stereocenters. The smallest absolute Gasteiger partial charge is 0.290 e. The molecule has 170 valence electrons. The van der Waals surface area contributed by atoms with E-state index in [1.165, 1.54) is 11.3 Å². The van der Waals surface area contributed by atoms with Gasteiger partial charge >= 0.3 is 0 Å². The van der Waals surface area contributed by atoms with Gasteiger partial charge in [0, 0.05) is 22.4 Å². The molecule has 1 N–H and O–H groups in total. The number of furan rings is 1. The highest BCUT2D eigenvalue weighted by molar-refractivity contribution is 7.73. The first-order chi connectivity index (χ1) is 17.2. The number of nitrogens with zero attached hydrogens (tertiary/aromatic N) is 3. The molecule has 3 aromatic heterocycles. The summed E-state index contributed by atoms with van der Waals surface area (Å²) < 4.78 is 9.98. The van der Waals surface area contributed by atoms with E-state index >= 15 is 0 Å². The largest absolute Gasteiger partial charge is 0.454 e. The molecule has 0 unspecified atom stereocenters. The molecular weight excluding hydrogens is 476 g/mol. The third-order valence-electron chi connectivity index (χ3n) is 5.60. The highest BCUT2D eigenvalue weighted by atomic mass is 32.1. The van der Waals surface area contributed by atoms with Crippen LogP contribution < -0.4 is 5.43 Å². The molecular formula is C27H18N4O2S2. The highest BCUT2D eigenvalue weighted by Gasteiger charge is 2.20. The lowest BCUT2D eigenvalue weighted by Crippen LogP contribution is -2.24. The zero-order valence-corrected chi connectivity index (χ0v) is 19.9. The fraction of sp³-hybridized carbons (Fsp3) is 0. The minimum absolute atomic E-state index is 0.247. The molecule has 3 heterocycles. The average Bonchev–Trinajstić information content (AvgIpc) is 3.62. The van der Waals surface area contributed by atoms with Crippen molar-refractivity contribution >= 4 is 40.4 Å². The molecule has 3 aromatic carbocycles. The van der Waals surface area contributed by atoms with Crippen molar-refractivity contribution in [3.8, 4) is 28.4 Å². The fourth-order valence-electron chi connectivity index (χ4n) is 3.92. The monoisotopic (exact) mass is 494 g/mol. The number of amides is 1. The molecule has 0 bridgehead atoms. The van der Waals surface area contributed by atoms with Gasteiger partial charge in [-0.3, -0.25) is 10.2 Å². The second-order valence-corrected chi connectivity index (χ2v) is 9.34. The molecule has 0 saturated carbocycles. The molecule has 0 aliphatic carbocycles. The Morgan fingerprint density at radius 3 is 2.37 bits per heavy atom. The van der Waals surface area contributed by atoms with E-state index in [1.54, 1.807) is 15.4 Å². The first kappa shape index (κ1) is 21.3. The zero-order valence-electron chi connectivity index (χ0n) is 18.3. The van der Waals surface area contributed by atoms with Gasteiger partial charge < -0.3 is 4.42 Å². The minimum Gasteiger partial charge on any atom is -0.454 e. The number of hydrogen-bond donors (Lipinski definition) is 1. The molecule has 35 heavy (non-hydrogen) atoms. The topological polar surface area (TPSA) is 65.0 Å². The number of thiazole rings is 1. The van der Waals surface area contributed by atoms with Crippen molar-refractivity contribution in [3.05, 3.63) is 112 Å². The van der Waals surface area contributed by atoms with Gasteiger partial charge in [-0.1, -0.05) is 66.7 Å². The Labute approximate surface area is 209 Å². The highest BCUT2D eigenvalue weighted by Crippen LogP contribution is 2.30. The van der Waals surface area contributed by atoms with Crippen LogP contribution in [0.3, 0.4) is 0 Å². The van der Waals surface area contributed by atoms with Gasteiger partial charge in [0.1, 0.15) is 11.3 Å². The predicted octanol–water partition coefficient (Wildman–Crippen LogP) is 6.93. The van der Waals surface area contributed by atoms with Crippen molar-refractivity contribution in [2.75, 3.05) is 5.43 Å².